The molecule has 9 rings (SSSR count). The van der Waals surface area contributed by atoms with Crippen LogP contribution in [-0.2, 0) is 0 Å². The number of rotatable bonds is 0. The van der Waals surface area contributed by atoms with Gasteiger partial charge in [-0.15, -0.1) is 0 Å². The lowest BCUT2D eigenvalue weighted by molar-refractivity contribution is 1.56. The van der Waals surface area contributed by atoms with E-state index in [9.17, 15) is 0 Å². The van der Waals surface area contributed by atoms with Gasteiger partial charge < -0.3 is 4.98 Å². The second-order valence-corrected chi connectivity index (χ2v) is 10.2. The Balaban J connectivity index is 1.59. The van der Waals surface area contributed by atoms with Crippen LogP contribution in [0.5, 0.6) is 0 Å². The van der Waals surface area contributed by atoms with Crippen LogP contribution in [0.25, 0.3) is 86.4 Å². The van der Waals surface area contributed by atoms with Crippen LogP contribution < -0.4 is 0 Å². The molecule has 8 aromatic carbocycles. The highest BCUT2D eigenvalue weighted by atomic mass is 14.7. The quantitative estimate of drug-likeness (QED) is 0.169. The predicted octanol–water partition coefficient (Wildman–Crippen LogP) is 10.2. The molecular formula is C36H21N. The molecule has 0 saturated carbocycles. The molecular weight excluding hydrogens is 446 g/mol. The van der Waals surface area contributed by atoms with Crippen molar-refractivity contribution in [1.82, 2.24) is 4.98 Å². The minimum Gasteiger partial charge on any atom is -0.354 e. The number of fused-ring (bicyclic) bond motifs is 15. The second-order valence-electron chi connectivity index (χ2n) is 10.2. The smallest absolute Gasteiger partial charge is 0.0471 e. The van der Waals surface area contributed by atoms with Crippen LogP contribution in [0.4, 0.5) is 0 Å². The molecule has 0 unspecified atom stereocenters. The Bertz CT molecular complexity index is 2410. The van der Waals surface area contributed by atoms with E-state index >= 15 is 0 Å². The van der Waals surface area contributed by atoms with Crippen molar-refractivity contribution in [3.63, 3.8) is 0 Å². The number of H-pyrrole nitrogens is 1. The van der Waals surface area contributed by atoms with Gasteiger partial charge in [-0.3, -0.25) is 0 Å². The predicted molar refractivity (Wildman–Crippen MR) is 161 cm³/mol. The van der Waals surface area contributed by atoms with Crippen LogP contribution >= 0.6 is 0 Å². The van der Waals surface area contributed by atoms with Crippen molar-refractivity contribution in [3.05, 3.63) is 121 Å². The lowest BCUT2D eigenvalue weighted by atomic mass is 9.88. The first-order chi connectivity index (χ1) is 18.3. The highest BCUT2D eigenvalue weighted by Gasteiger charge is 2.15. The molecule has 0 aliphatic rings. The van der Waals surface area contributed by atoms with E-state index in [1.54, 1.807) is 0 Å². The average Bonchev–Trinajstić information content (AvgIpc) is 3.33. The first-order valence-electron chi connectivity index (χ1n) is 12.9. The summed E-state index contributed by atoms with van der Waals surface area (Å²) in [5.41, 5.74) is 2.37. The fourth-order valence-electron chi connectivity index (χ4n) is 6.69. The second kappa shape index (κ2) is 6.87. The molecule has 0 amide bonds. The summed E-state index contributed by atoms with van der Waals surface area (Å²) in [6, 6.07) is 44.8. The van der Waals surface area contributed by atoms with Crippen LogP contribution in [0.2, 0.25) is 0 Å². The van der Waals surface area contributed by atoms with Crippen LogP contribution in [0.15, 0.2) is 121 Å². The van der Waals surface area contributed by atoms with Gasteiger partial charge in [0.05, 0.1) is 0 Å². The molecule has 0 atom stereocenters. The number of aromatic amines is 1. The van der Waals surface area contributed by atoms with E-state index < -0.39 is 0 Å². The number of hydrogen-bond donors (Lipinski definition) is 1. The van der Waals surface area contributed by atoms with E-state index in [4.69, 9.17) is 0 Å². The van der Waals surface area contributed by atoms with Crippen molar-refractivity contribution < 1.29 is 0 Å². The van der Waals surface area contributed by atoms with Crippen molar-refractivity contribution in [2.75, 3.05) is 0 Å². The number of aromatic nitrogens is 1. The Morgan fingerprint density at radius 3 is 1.05 bits per heavy atom. The molecule has 0 bridgehead atoms. The summed E-state index contributed by atoms with van der Waals surface area (Å²) < 4.78 is 0. The molecule has 1 aromatic heterocycles. The van der Waals surface area contributed by atoms with Gasteiger partial charge in [-0.2, -0.15) is 0 Å². The fourth-order valence-corrected chi connectivity index (χ4v) is 6.69. The number of hydrogen-bond acceptors (Lipinski definition) is 0. The normalized spacial score (nSPS) is 12.3. The van der Waals surface area contributed by atoms with Gasteiger partial charge in [0.1, 0.15) is 0 Å². The summed E-state index contributed by atoms with van der Waals surface area (Å²) in [6.07, 6.45) is 0. The van der Waals surface area contributed by atoms with Gasteiger partial charge in [-0.1, -0.05) is 91.0 Å². The summed E-state index contributed by atoms with van der Waals surface area (Å²) in [4.78, 5) is 3.66. The summed E-state index contributed by atoms with van der Waals surface area (Å²) in [6.45, 7) is 0. The number of benzene rings is 8. The zero-order valence-electron chi connectivity index (χ0n) is 20.0. The van der Waals surface area contributed by atoms with Gasteiger partial charge in [-0.05, 0) is 95.0 Å². The SMILES string of the molecule is c1ccc2c(c1)[nH]c1cc3c4ccccc4c4cc5c6ccccc6c6ccccc6c5cc4c3cc12. The third kappa shape index (κ3) is 2.48. The lowest BCUT2D eigenvalue weighted by Gasteiger charge is -2.15. The topological polar surface area (TPSA) is 15.8 Å². The molecule has 1 heteroatoms. The summed E-state index contributed by atoms with van der Waals surface area (Å²) in [5.74, 6) is 0. The minimum atomic E-state index is 1.18. The van der Waals surface area contributed by atoms with E-state index in [1.807, 2.05) is 0 Å². The van der Waals surface area contributed by atoms with Crippen LogP contribution in [0.3, 0.4) is 0 Å². The van der Waals surface area contributed by atoms with Crippen LogP contribution in [0.1, 0.15) is 0 Å². The standard InChI is InChI=1S/C36H21N/c1-3-11-23-21(9-1)22-10-2-4-12-24(22)29-18-31-30(17-28(23)29)25-13-5-6-14-26(25)33-20-36-34(19-32(31)33)27-15-7-8-16-35(27)37-36/h1-20,37H. The van der Waals surface area contributed by atoms with Crippen molar-refractivity contribution in [1.29, 1.82) is 0 Å². The van der Waals surface area contributed by atoms with Gasteiger partial charge in [0, 0.05) is 21.8 Å². The zero-order valence-corrected chi connectivity index (χ0v) is 20.0. The van der Waals surface area contributed by atoms with E-state index in [2.05, 4.69) is 126 Å². The summed E-state index contributed by atoms with van der Waals surface area (Å²) >= 11 is 0. The lowest BCUT2D eigenvalue weighted by Crippen LogP contribution is -1.87. The molecule has 1 nitrogen and oxygen atoms in total. The van der Waals surface area contributed by atoms with Crippen molar-refractivity contribution >= 4 is 86.4 Å². The maximum absolute atomic E-state index is 3.66. The molecule has 0 saturated heterocycles. The van der Waals surface area contributed by atoms with Crippen molar-refractivity contribution in [2.24, 2.45) is 0 Å². The van der Waals surface area contributed by atoms with E-state index in [0.29, 0.717) is 0 Å². The molecule has 170 valence electrons. The molecule has 1 heterocycles. The Labute approximate surface area is 212 Å². The molecule has 0 aliphatic carbocycles. The molecule has 37 heavy (non-hydrogen) atoms. The highest BCUT2D eigenvalue weighted by molar-refractivity contribution is 6.34. The zero-order chi connectivity index (χ0) is 24.1. The Kier molecular flexibility index (Phi) is 3.59. The molecule has 0 fully saturated rings. The van der Waals surface area contributed by atoms with E-state index in [0.717, 1.165) is 0 Å². The first-order valence-corrected chi connectivity index (χ1v) is 12.9. The minimum absolute atomic E-state index is 1.18. The van der Waals surface area contributed by atoms with Crippen LogP contribution in [-0.4, -0.2) is 4.98 Å². The maximum Gasteiger partial charge on any atom is 0.0471 e. The monoisotopic (exact) mass is 467 g/mol. The molecule has 0 aliphatic heterocycles. The van der Waals surface area contributed by atoms with Gasteiger partial charge in [0.15, 0.2) is 0 Å². The molecule has 1 N–H and O–H groups in total. The van der Waals surface area contributed by atoms with E-state index in [1.165, 1.54) is 86.4 Å². The fraction of sp³-hybridized carbons (Fsp3) is 0. The van der Waals surface area contributed by atoms with Crippen LogP contribution in [0, 0.1) is 0 Å². The highest BCUT2D eigenvalue weighted by Crippen LogP contribution is 2.43. The van der Waals surface area contributed by atoms with Crippen molar-refractivity contribution in [3.8, 4) is 0 Å². The Morgan fingerprint density at radius 2 is 0.568 bits per heavy atom. The van der Waals surface area contributed by atoms with Crippen molar-refractivity contribution in [2.45, 2.75) is 0 Å². The molecule has 0 spiro atoms. The Hall–Kier alpha value is -4.88. The van der Waals surface area contributed by atoms with E-state index in [-0.39, 0.29) is 0 Å². The maximum atomic E-state index is 3.66. The van der Waals surface area contributed by atoms with Gasteiger partial charge in [0.2, 0.25) is 0 Å². The molecule has 0 radical (unpaired) electrons. The van der Waals surface area contributed by atoms with Gasteiger partial charge >= 0.3 is 0 Å². The average molecular weight is 468 g/mol. The summed E-state index contributed by atoms with van der Waals surface area (Å²) in [7, 11) is 0. The van der Waals surface area contributed by atoms with Gasteiger partial charge in [-0.25, -0.2) is 0 Å². The van der Waals surface area contributed by atoms with Gasteiger partial charge in [0.25, 0.3) is 0 Å². The molecule has 9 aromatic rings. The number of para-hydroxylation sites is 1. The third-order valence-electron chi connectivity index (χ3n) is 8.32. The first kappa shape index (κ1) is 19.3. The number of nitrogens with one attached hydrogen (secondary N) is 1. The third-order valence-corrected chi connectivity index (χ3v) is 8.32. The summed E-state index contributed by atoms with van der Waals surface area (Å²) in [5, 5.41) is 18.3. The Morgan fingerprint density at radius 1 is 0.243 bits per heavy atom. The largest absolute Gasteiger partial charge is 0.354 e.